The SMILES string of the molecule is CCC(NC(=O)c1ccc(F)cc1)C1=NC2(c3cncc(F)c3)CCCC=C2C=C1. The molecule has 4 rings (SSSR count). The molecule has 6 heteroatoms. The van der Waals surface area contributed by atoms with Crippen LogP contribution < -0.4 is 5.32 Å². The fourth-order valence-corrected chi connectivity index (χ4v) is 4.12. The highest BCUT2D eigenvalue weighted by Crippen LogP contribution is 2.44. The summed E-state index contributed by atoms with van der Waals surface area (Å²) in [5, 5.41) is 3.00. The first-order valence-corrected chi connectivity index (χ1v) is 10.2. The largest absolute Gasteiger partial charge is 0.344 e. The molecule has 1 aliphatic heterocycles. The minimum Gasteiger partial charge on any atom is -0.344 e. The van der Waals surface area contributed by atoms with Crippen LogP contribution in [0.15, 0.2) is 71.5 Å². The molecule has 1 aliphatic carbocycles. The van der Waals surface area contributed by atoms with Crippen LogP contribution in [0.2, 0.25) is 0 Å². The van der Waals surface area contributed by atoms with E-state index < -0.39 is 11.4 Å². The lowest BCUT2D eigenvalue weighted by atomic mass is 9.74. The third-order valence-corrected chi connectivity index (χ3v) is 5.70. The van der Waals surface area contributed by atoms with E-state index in [-0.39, 0.29) is 17.8 Å². The van der Waals surface area contributed by atoms with Crippen molar-refractivity contribution in [1.82, 2.24) is 10.3 Å². The third kappa shape index (κ3) is 3.82. The van der Waals surface area contributed by atoms with Crippen molar-refractivity contribution in [2.75, 3.05) is 0 Å². The monoisotopic (exact) mass is 407 g/mol. The molecule has 0 fully saturated rings. The average Bonchev–Trinajstić information content (AvgIpc) is 2.77. The number of nitrogens with zero attached hydrogens (tertiary/aromatic N) is 2. The average molecular weight is 407 g/mol. The van der Waals surface area contributed by atoms with Crippen molar-refractivity contribution in [2.24, 2.45) is 4.99 Å². The number of fused-ring (bicyclic) bond motifs is 1. The number of halogens is 2. The van der Waals surface area contributed by atoms with Gasteiger partial charge in [0, 0.05) is 17.3 Å². The van der Waals surface area contributed by atoms with E-state index in [9.17, 15) is 13.6 Å². The van der Waals surface area contributed by atoms with Crippen molar-refractivity contribution >= 4 is 11.6 Å². The van der Waals surface area contributed by atoms with Gasteiger partial charge in [-0.2, -0.15) is 0 Å². The Bertz CT molecular complexity index is 1040. The van der Waals surface area contributed by atoms with E-state index >= 15 is 0 Å². The molecule has 0 bridgehead atoms. The van der Waals surface area contributed by atoms with Gasteiger partial charge in [-0.1, -0.05) is 19.1 Å². The second-order valence-electron chi connectivity index (χ2n) is 7.61. The second kappa shape index (κ2) is 8.30. The van der Waals surface area contributed by atoms with Crippen molar-refractivity contribution in [3.05, 3.63) is 89.3 Å². The summed E-state index contributed by atoms with van der Waals surface area (Å²) in [6.45, 7) is 1.97. The molecule has 0 saturated heterocycles. The Balaban J connectivity index is 1.67. The molecule has 2 heterocycles. The molecule has 30 heavy (non-hydrogen) atoms. The molecule has 4 nitrogen and oxygen atoms in total. The van der Waals surface area contributed by atoms with Crippen molar-refractivity contribution < 1.29 is 13.6 Å². The van der Waals surface area contributed by atoms with E-state index in [0.717, 1.165) is 36.1 Å². The minimum atomic E-state index is -0.689. The Morgan fingerprint density at radius 1 is 1.17 bits per heavy atom. The highest BCUT2D eigenvalue weighted by atomic mass is 19.1. The van der Waals surface area contributed by atoms with Crippen LogP contribution in [0.4, 0.5) is 8.78 Å². The molecule has 2 unspecified atom stereocenters. The Kier molecular flexibility index (Phi) is 5.57. The zero-order chi connectivity index (χ0) is 21.1. The number of allylic oxidation sites excluding steroid dienone is 1. The molecule has 0 spiro atoms. The summed E-state index contributed by atoms with van der Waals surface area (Å²) in [5.74, 6) is -1.07. The van der Waals surface area contributed by atoms with Crippen LogP contribution in [-0.2, 0) is 5.54 Å². The van der Waals surface area contributed by atoms with Gasteiger partial charge in [0.05, 0.1) is 18.0 Å². The lowest BCUT2D eigenvalue weighted by Crippen LogP contribution is -2.43. The number of hydrogen-bond donors (Lipinski definition) is 1. The zero-order valence-corrected chi connectivity index (χ0v) is 16.7. The molecule has 2 aliphatic rings. The van der Waals surface area contributed by atoms with Crippen LogP contribution in [0.1, 0.15) is 48.5 Å². The van der Waals surface area contributed by atoms with Gasteiger partial charge in [0.1, 0.15) is 17.2 Å². The number of nitrogens with one attached hydrogen (secondary N) is 1. The molecule has 1 amide bonds. The van der Waals surface area contributed by atoms with E-state index in [4.69, 9.17) is 4.99 Å². The molecular formula is C24H23F2N3O. The van der Waals surface area contributed by atoms with Gasteiger partial charge in [-0.15, -0.1) is 0 Å². The zero-order valence-electron chi connectivity index (χ0n) is 16.7. The first kappa shape index (κ1) is 20.1. The van der Waals surface area contributed by atoms with Crippen LogP contribution in [0.5, 0.6) is 0 Å². The van der Waals surface area contributed by atoms with E-state index in [1.54, 1.807) is 6.20 Å². The molecule has 0 radical (unpaired) electrons. The van der Waals surface area contributed by atoms with Gasteiger partial charge in [-0.05, 0) is 67.7 Å². The van der Waals surface area contributed by atoms with Crippen molar-refractivity contribution in [2.45, 2.75) is 44.2 Å². The summed E-state index contributed by atoms with van der Waals surface area (Å²) in [6.07, 6.45) is 12.2. The van der Waals surface area contributed by atoms with Crippen molar-refractivity contribution in [3.63, 3.8) is 0 Å². The van der Waals surface area contributed by atoms with E-state index in [0.29, 0.717) is 12.0 Å². The summed E-state index contributed by atoms with van der Waals surface area (Å²) in [6, 6.07) is 6.61. The predicted molar refractivity (Wildman–Crippen MR) is 112 cm³/mol. The Morgan fingerprint density at radius 3 is 2.70 bits per heavy atom. The maximum atomic E-state index is 14.0. The number of aliphatic imine (C=N–C) groups is 1. The number of amides is 1. The van der Waals surface area contributed by atoms with E-state index in [1.807, 2.05) is 19.1 Å². The molecule has 1 N–H and O–H groups in total. The topological polar surface area (TPSA) is 54.4 Å². The first-order chi connectivity index (χ1) is 14.5. The van der Waals surface area contributed by atoms with E-state index in [1.165, 1.54) is 36.5 Å². The normalized spacial score (nSPS) is 21.3. The standard InChI is InChI=1S/C24H23F2N3O/c1-2-21(28-23(30)16-6-9-19(25)10-7-16)22-11-8-17-5-3-4-12-24(17,29-22)18-13-20(26)15-27-14-18/h5-11,13-15,21H,2-4,12H2,1H3,(H,28,30). The Labute approximate surface area is 174 Å². The molecule has 2 atom stereocenters. The molecule has 2 aromatic rings. The Morgan fingerprint density at radius 2 is 1.97 bits per heavy atom. The fraction of sp³-hybridized carbons (Fsp3) is 0.292. The summed E-state index contributed by atoms with van der Waals surface area (Å²) in [5.41, 5.74) is 2.18. The number of carbonyl (C=O) groups excluding carboxylic acids is 1. The number of carbonyl (C=O) groups is 1. The summed E-state index contributed by atoms with van der Waals surface area (Å²) >= 11 is 0. The highest BCUT2D eigenvalue weighted by molar-refractivity contribution is 6.05. The lowest BCUT2D eigenvalue weighted by molar-refractivity contribution is 0.0946. The van der Waals surface area contributed by atoms with Gasteiger partial charge in [-0.25, -0.2) is 8.78 Å². The number of aromatic nitrogens is 1. The maximum absolute atomic E-state index is 14.0. The smallest absolute Gasteiger partial charge is 0.251 e. The van der Waals surface area contributed by atoms with Gasteiger partial charge in [-0.3, -0.25) is 14.8 Å². The van der Waals surface area contributed by atoms with Crippen molar-refractivity contribution in [1.29, 1.82) is 0 Å². The molecule has 1 aromatic heterocycles. The molecular weight excluding hydrogens is 384 g/mol. The number of benzene rings is 1. The minimum absolute atomic E-state index is 0.288. The van der Waals surface area contributed by atoms with Crippen molar-refractivity contribution in [3.8, 4) is 0 Å². The van der Waals surface area contributed by atoms with Gasteiger partial charge in [0.2, 0.25) is 0 Å². The summed E-state index contributed by atoms with van der Waals surface area (Å²) in [7, 11) is 0. The highest BCUT2D eigenvalue weighted by Gasteiger charge is 2.39. The molecule has 154 valence electrons. The Hall–Kier alpha value is -3.15. The fourth-order valence-electron chi connectivity index (χ4n) is 4.12. The maximum Gasteiger partial charge on any atom is 0.251 e. The van der Waals surface area contributed by atoms with Gasteiger partial charge >= 0.3 is 0 Å². The van der Waals surface area contributed by atoms with Crippen LogP contribution in [-0.4, -0.2) is 22.6 Å². The number of dihydropyridines is 1. The second-order valence-corrected chi connectivity index (χ2v) is 7.61. The summed E-state index contributed by atoms with van der Waals surface area (Å²) < 4.78 is 27.1. The van der Waals surface area contributed by atoms with Gasteiger partial charge < -0.3 is 5.32 Å². The number of hydrogen-bond acceptors (Lipinski definition) is 3. The number of pyridine rings is 1. The van der Waals surface area contributed by atoms with Crippen LogP contribution in [0.25, 0.3) is 0 Å². The van der Waals surface area contributed by atoms with Crippen LogP contribution in [0, 0.1) is 11.6 Å². The summed E-state index contributed by atoms with van der Waals surface area (Å²) in [4.78, 5) is 21.8. The van der Waals surface area contributed by atoms with Crippen LogP contribution in [0.3, 0.4) is 0 Å². The molecule has 0 saturated carbocycles. The first-order valence-electron chi connectivity index (χ1n) is 10.2. The van der Waals surface area contributed by atoms with Gasteiger partial charge in [0.15, 0.2) is 0 Å². The predicted octanol–water partition coefficient (Wildman–Crippen LogP) is 4.88. The van der Waals surface area contributed by atoms with Crippen LogP contribution >= 0.6 is 0 Å². The van der Waals surface area contributed by atoms with Gasteiger partial charge in [0.25, 0.3) is 5.91 Å². The number of rotatable bonds is 5. The van der Waals surface area contributed by atoms with E-state index in [2.05, 4.69) is 16.4 Å². The quantitative estimate of drug-likeness (QED) is 0.768. The third-order valence-electron chi connectivity index (χ3n) is 5.70. The lowest BCUT2D eigenvalue weighted by Gasteiger charge is -2.38. The molecule has 1 aromatic carbocycles.